The second-order valence-corrected chi connectivity index (χ2v) is 11.2. The van der Waals surface area contributed by atoms with E-state index in [9.17, 15) is 0 Å². The summed E-state index contributed by atoms with van der Waals surface area (Å²) in [5.74, 6) is 0.517. The zero-order valence-corrected chi connectivity index (χ0v) is 22.3. The summed E-state index contributed by atoms with van der Waals surface area (Å²) in [6.45, 7) is 8.55. The lowest BCUT2D eigenvalue weighted by Crippen LogP contribution is -2.55. The standard InChI is InChI=1S/C35H36O2/c1-24-8-16-28(17-9-24)34(29-18-10-25(2)11-19-29)32-6-5-7-33(32)35(37-36-34,30-20-12-26(3)13-21-30)31-22-14-27(4)15-23-31/h8-23,32-33H,5-7H2,1-4H3. The molecule has 0 bridgehead atoms. The van der Waals surface area contributed by atoms with Gasteiger partial charge in [0.25, 0.3) is 0 Å². The van der Waals surface area contributed by atoms with Crippen molar-refractivity contribution in [2.45, 2.75) is 58.2 Å². The predicted octanol–water partition coefficient (Wildman–Crippen LogP) is 8.49. The van der Waals surface area contributed by atoms with Gasteiger partial charge in [0.2, 0.25) is 0 Å². The maximum Gasteiger partial charge on any atom is 0.157 e. The maximum atomic E-state index is 6.92. The summed E-state index contributed by atoms with van der Waals surface area (Å²) in [6, 6.07) is 35.4. The Labute approximate surface area is 221 Å². The van der Waals surface area contributed by atoms with Crippen LogP contribution >= 0.6 is 0 Å². The summed E-state index contributed by atoms with van der Waals surface area (Å²) < 4.78 is 0. The molecule has 2 fully saturated rings. The van der Waals surface area contributed by atoms with E-state index < -0.39 is 11.2 Å². The van der Waals surface area contributed by atoms with Gasteiger partial charge in [-0.3, -0.25) is 0 Å². The van der Waals surface area contributed by atoms with E-state index in [1.54, 1.807) is 0 Å². The molecule has 1 aliphatic heterocycles. The Kier molecular flexibility index (Phi) is 6.06. The van der Waals surface area contributed by atoms with E-state index in [0.717, 1.165) is 19.3 Å². The first-order chi connectivity index (χ1) is 17.9. The van der Waals surface area contributed by atoms with Gasteiger partial charge >= 0.3 is 0 Å². The highest BCUT2D eigenvalue weighted by Crippen LogP contribution is 2.62. The fraction of sp³-hybridized carbons (Fsp3) is 0.314. The summed E-state index contributed by atoms with van der Waals surface area (Å²) in [4.78, 5) is 13.8. The third-order valence-corrected chi connectivity index (χ3v) is 8.79. The first-order valence-electron chi connectivity index (χ1n) is 13.6. The molecule has 188 valence electrons. The first kappa shape index (κ1) is 24.2. The monoisotopic (exact) mass is 488 g/mol. The molecule has 0 radical (unpaired) electrons. The molecule has 6 rings (SSSR count). The summed E-state index contributed by atoms with van der Waals surface area (Å²) in [6.07, 6.45) is 3.34. The van der Waals surface area contributed by atoms with Crippen molar-refractivity contribution < 1.29 is 9.78 Å². The molecule has 4 aromatic rings. The molecule has 1 saturated heterocycles. The largest absolute Gasteiger partial charge is 0.219 e. The summed E-state index contributed by atoms with van der Waals surface area (Å²) in [5, 5.41) is 0. The van der Waals surface area contributed by atoms with Crippen molar-refractivity contribution in [3.8, 4) is 0 Å². The van der Waals surface area contributed by atoms with E-state index in [1.807, 2.05) is 0 Å². The molecule has 4 aromatic carbocycles. The number of fused-ring (bicyclic) bond motifs is 1. The molecule has 1 heterocycles. The molecule has 0 aromatic heterocycles. The number of hydrogen-bond acceptors (Lipinski definition) is 2. The Hall–Kier alpha value is -3.20. The van der Waals surface area contributed by atoms with E-state index in [2.05, 4.69) is 125 Å². The third kappa shape index (κ3) is 3.86. The van der Waals surface area contributed by atoms with Crippen LogP contribution in [0.25, 0.3) is 0 Å². The Morgan fingerprint density at radius 2 is 0.676 bits per heavy atom. The van der Waals surface area contributed by atoms with Crippen molar-refractivity contribution in [1.29, 1.82) is 0 Å². The molecular formula is C35H36O2. The quantitative estimate of drug-likeness (QED) is 0.268. The number of benzene rings is 4. The minimum atomic E-state index is -0.665. The lowest BCUT2D eigenvalue weighted by Gasteiger charge is -2.53. The zero-order chi connectivity index (χ0) is 25.6. The Morgan fingerprint density at radius 3 is 0.919 bits per heavy atom. The molecule has 2 unspecified atom stereocenters. The van der Waals surface area contributed by atoms with Gasteiger partial charge in [0.1, 0.15) is 0 Å². The van der Waals surface area contributed by atoms with Gasteiger partial charge in [-0.2, -0.15) is 0 Å². The van der Waals surface area contributed by atoms with Crippen LogP contribution in [-0.4, -0.2) is 0 Å². The molecule has 37 heavy (non-hydrogen) atoms. The fourth-order valence-corrected chi connectivity index (χ4v) is 6.77. The van der Waals surface area contributed by atoms with Gasteiger partial charge in [-0.25, -0.2) is 9.78 Å². The van der Waals surface area contributed by atoms with Crippen molar-refractivity contribution in [3.05, 3.63) is 142 Å². The van der Waals surface area contributed by atoms with Crippen LogP contribution in [0.2, 0.25) is 0 Å². The normalized spacial score (nSPS) is 21.9. The van der Waals surface area contributed by atoms with Crippen molar-refractivity contribution in [3.63, 3.8) is 0 Å². The van der Waals surface area contributed by atoms with Crippen molar-refractivity contribution >= 4 is 0 Å². The highest BCUT2D eigenvalue weighted by atomic mass is 17.2. The molecular weight excluding hydrogens is 452 g/mol. The Bertz CT molecular complexity index is 1170. The average Bonchev–Trinajstić information content (AvgIpc) is 3.42. The predicted molar refractivity (Wildman–Crippen MR) is 149 cm³/mol. The lowest BCUT2D eigenvalue weighted by molar-refractivity contribution is -0.458. The molecule has 1 saturated carbocycles. The van der Waals surface area contributed by atoms with Gasteiger partial charge in [-0.15, -0.1) is 0 Å². The van der Waals surface area contributed by atoms with Crippen LogP contribution in [0.15, 0.2) is 97.1 Å². The van der Waals surface area contributed by atoms with Crippen LogP contribution in [0, 0.1) is 39.5 Å². The zero-order valence-electron chi connectivity index (χ0n) is 22.3. The van der Waals surface area contributed by atoms with E-state index in [0.29, 0.717) is 0 Å². The summed E-state index contributed by atoms with van der Waals surface area (Å²) in [7, 11) is 0. The molecule has 1 aliphatic carbocycles. The highest BCUT2D eigenvalue weighted by Gasteiger charge is 2.62. The van der Waals surface area contributed by atoms with Gasteiger partial charge in [0.05, 0.1) is 0 Å². The van der Waals surface area contributed by atoms with Gasteiger partial charge in [-0.1, -0.05) is 126 Å². The van der Waals surface area contributed by atoms with Crippen molar-refractivity contribution in [2.24, 2.45) is 11.8 Å². The second-order valence-electron chi connectivity index (χ2n) is 11.2. The molecule has 0 N–H and O–H groups in total. The van der Waals surface area contributed by atoms with Crippen LogP contribution in [0.1, 0.15) is 63.8 Å². The maximum absolute atomic E-state index is 6.92. The van der Waals surface area contributed by atoms with Gasteiger partial charge in [0.15, 0.2) is 11.2 Å². The number of aryl methyl sites for hydroxylation is 4. The minimum absolute atomic E-state index is 0.259. The first-order valence-corrected chi connectivity index (χ1v) is 13.6. The topological polar surface area (TPSA) is 18.5 Å². The minimum Gasteiger partial charge on any atom is -0.219 e. The average molecular weight is 489 g/mol. The molecule has 2 nitrogen and oxygen atoms in total. The molecule has 0 spiro atoms. The SMILES string of the molecule is Cc1ccc(C2(c3ccc(C)cc3)OOC(c3ccc(C)cc3)(c3ccc(C)cc3)C3CCCC32)cc1. The summed E-state index contributed by atoms with van der Waals surface area (Å²) in [5.41, 5.74) is 8.32. The van der Waals surface area contributed by atoms with Gasteiger partial charge < -0.3 is 0 Å². The van der Waals surface area contributed by atoms with Crippen LogP contribution in [0.4, 0.5) is 0 Å². The lowest BCUT2D eigenvalue weighted by atomic mass is 9.63. The van der Waals surface area contributed by atoms with E-state index in [4.69, 9.17) is 9.78 Å². The molecule has 2 aliphatic rings. The number of hydrogen-bond donors (Lipinski definition) is 0. The smallest absolute Gasteiger partial charge is 0.157 e. The van der Waals surface area contributed by atoms with Crippen LogP contribution in [0.5, 0.6) is 0 Å². The van der Waals surface area contributed by atoms with Crippen LogP contribution in [-0.2, 0) is 21.0 Å². The highest BCUT2D eigenvalue weighted by molar-refractivity contribution is 5.45. The molecule has 2 atom stereocenters. The molecule has 2 heteroatoms. The van der Waals surface area contributed by atoms with Crippen LogP contribution < -0.4 is 0 Å². The van der Waals surface area contributed by atoms with Crippen molar-refractivity contribution in [1.82, 2.24) is 0 Å². The van der Waals surface area contributed by atoms with E-state index in [1.165, 1.54) is 44.5 Å². The van der Waals surface area contributed by atoms with Crippen molar-refractivity contribution in [2.75, 3.05) is 0 Å². The van der Waals surface area contributed by atoms with E-state index in [-0.39, 0.29) is 11.8 Å². The third-order valence-electron chi connectivity index (χ3n) is 8.79. The van der Waals surface area contributed by atoms with Gasteiger partial charge in [-0.05, 0) is 62.8 Å². The Balaban J connectivity index is 1.58. The summed E-state index contributed by atoms with van der Waals surface area (Å²) >= 11 is 0. The van der Waals surface area contributed by atoms with E-state index >= 15 is 0 Å². The Morgan fingerprint density at radius 1 is 0.432 bits per heavy atom. The fourth-order valence-electron chi connectivity index (χ4n) is 6.77. The van der Waals surface area contributed by atoms with Gasteiger partial charge in [0, 0.05) is 11.8 Å². The number of rotatable bonds is 4. The second kappa shape index (κ2) is 9.28. The molecule has 0 amide bonds. The van der Waals surface area contributed by atoms with Crippen LogP contribution in [0.3, 0.4) is 0 Å².